The van der Waals surface area contributed by atoms with Gasteiger partial charge < -0.3 is 19.3 Å². The Morgan fingerprint density at radius 3 is 2.66 bits per heavy atom. The molecule has 0 saturated carbocycles. The summed E-state index contributed by atoms with van der Waals surface area (Å²) in [4.78, 5) is 34.1. The van der Waals surface area contributed by atoms with Gasteiger partial charge in [-0.25, -0.2) is 14.2 Å². The predicted octanol–water partition coefficient (Wildman–Crippen LogP) is 3.60. The zero-order valence-corrected chi connectivity index (χ0v) is 19.3. The summed E-state index contributed by atoms with van der Waals surface area (Å²) in [5.74, 6) is -0.958. The van der Waals surface area contributed by atoms with Gasteiger partial charge in [0.25, 0.3) is 0 Å². The fraction of sp³-hybridized carbons (Fsp3) is 0.435. The van der Waals surface area contributed by atoms with Crippen molar-refractivity contribution in [3.05, 3.63) is 58.0 Å². The van der Waals surface area contributed by atoms with Crippen LogP contribution in [0.25, 0.3) is 0 Å². The van der Waals surface area contributed by atoms with E-state index in [2.05, 4.69) is 4.99 Å². The first-order valence-corrected chi connectivity index (χ1v) is 11.4. The van der Waals surface area contributed by atoms with Crippen molar-refractivity contribution in [2.24, 2.45) is 4.99 Å². The molecule has 3 aliphatic heterocycles. The van der Waals surface area contributed by atoms with Gasteiger partial charge in [0, 0.05) is 18.8 Å². The van der Waals surface area contributed by atoms with E-state index in [1.54, 1.807) is 19.1 Å². The van der Waals surface area contributed by atoms with Crippen LogP contribution in [-0.4, -0.2) is 59.3 Å². The molecule has 1 saturated heterocycles. The van der Waals surface area contributed by atoms with E-state index in [0.717, 1.165) is 0 Å². The average Bonchev–Trinajstić information content (AvgIpc) is 3.13. The number of carbonyl (C=O) groups excluding carboxylic acids is 2. The number of ether oxygens (including phenoxy) is 2. The van der Waals surface area contributed by atoms with E-state index in [9.17, 15) is 14.0 Å². The molecule has 0 aliphatic carbocycles. The Labute approximate surface area is 190 Å². The van der Waals surface area contributed by atoms with E-state index in [4.69, 9.17) is 9.47 Å². The first kappa shape index (κ1) is 22.5. The van der Waals surface area contributed by atoms with Crippen molar-refractivity contribution in [1.29, 1.82) is 0 Å². The maximum absolute atomic E-state index is 14.1. The molecular weight excluding hydrogens is 433 g/mol. The number of rotatable bonds is 4. The van der Waals surface area contributed by atoms with Gasteiger partial charge in [0.05, 0.1) is 43.1 Å². The van der Waals surface area contributed by atoms with Crippen LogP contribution in [0.15, 0.2) is 51.6 Å². The Kier molecular flexibility index (Phi) is 6.39. The number of hydrogen-bond donors (Lipinski definition) is 0. The Balaban J connectivity index is 1.67. The SMILES string of the molecule is COC(=O)C1=C(C)N=C2SC=C(CC(=O)N3CC(C)OC(C)C3)N2C1c1cccc(F)c1. The number of esters is 1. The molecule has 3 atom stereocenters. The van der Waals surface area contributed by atoms with Gasteiger partial charge >= 0.3 is 5.97 Å². The molecule has 0 aromatic heterocycles. The normalized spacial score (nSPS) is 25.3. The van der Waals surface area contributed by atoms with Crippen molar-refractivity contribution >= 4 is 28.8 Å². The monoisotopic (exact) mass is 459 g/mol. The summed E-state index contributed by atoms with van der Waals surface area (Å²) < 4.78 is 24.9. The van der Waals surface area contributed by atoms with Gasteiger partial charge in [-0.1, -0.05) is 23.9 Å². The second-order valence-corrected chi connectivity index (χ2v) is 9.01. The molecule has 0 spiro atoms. The molecule has 4 rings (SSSR count). The third kappa shape index (κ3) is 4.31. The van der Waals surface area contributed by atoms with E-state index >= 15 is 0 Å². The molecule has 170 valence electrons. The number of nitrogens with zero attached hydrogens (tertiary/aromatic N) is 3. The average molecular weight is 460 g/mol. The molecule has 7 nitrogen and oxygen atoms in total. The highest BCUT2D eigenvalue weighted by molar-refractivity contribution is 8.16. The van der Waals surface area contributed by atoms with Crippen LogP contribution in [0.2, 0.25) is 0 Å². The highest BCUT2D eigenvalue weighted by Crippen LogP contribution is 2.45. The van der Waals surface area contributed by atoms with Gasteiger partial charge in [-0.05, 0) is 43.9 Å². The lowest BCUT2D eigenvalue weighted by molar-refractivity contribution is -0.142. The first-order valence-electron chi connectivity index (χ1n) is 10.5. The molecule has 1 aromatic rings. The quantitative estimate of drug-likeness (QED) is 0.641. The lowest BCUT2D eigenvalue weighted by Crippen LogP contribution is -2.48. The fourth-order valence-corrected chi connectivity index (χ4v) is 5.35. The van der Waals surface area contributed by atoms with Crippen molar-refractivity contribution < 1.29 is 23.5 Å². The second-order valence-electron chi connectivity index (χ2n) is 8.17. The molecule has 9 heteroatoms. The standard InChI is InChI=1S/C23H26FN3O4S/c1-13-10-26(11-14(2)31-13)19(28)9-18-12-32-23-25-15(3)20(22(29)30-4)21(27(18)23)16-6-5-7-17(24)8-16/h5-8,12-14,21H,9-11H2,1-4H3. The van der Waals surface area contributed by atoms with Crippen LogP contribution in [0.4, 0.5) is 4.39 Å². The fourth-order valence-electron chi connectivity index (χ4n) is 4.38. The van der Waals surface area contributed by atoms with E-state index in [1.165, 1.54) is 31.0 Å². The Morgan fingerprint density at radius 2 is 2.00 bits per heavy atom. The summed E-state index contributed by atoms with van der Waals surface area (Å²) in [6, 6.07) is 5.49. The van der Waals surface area contributed by atoms with Crippen molar-refractivity contribution in [3.8, 4) is 0 Å². The van der Waals surface area contributed by atoms with Crippen molar-refractivity contribution in [2.75, 3.05) is 20.2 Å². The van der Waals surface area contributed by atoms with E-state index in [1.807, 2.05) is 29.1 Å². The van der Waals surface area contributed by atoms with Crippen LogP contribution in [0, 0.1) is 5.82 Å². The van der Waals surface area contributed by atoms with Crippen LogP contribution >= 0.6 is 11.8 Å². The Bertz CT molecular complexity index is 1030. The van der Waals surface area contributed by atoms with Crippen molar-refractivity contribution in [2.45, 2.75) is 45.4 Å². The van der Waals surface area contributed by atoms with Crippen LogP contribution in [0.1, 0.15) is 38.8 Å². The largest absolute Gasteiger partial charge is 0.466 e. The lowest BCUT2D eigenvalue weighted by Gasteiger charge is -2.38. The number of morpholine rings is 1. The zero-order chi connectivity index (χ0) is 23.0. The van der Waals surface area contributed by atoms with Gasteiger partial charge in [0.15, 0.2) is 5.17 Å². The number of thioether (sulfide) groups is 1. The number of allylic oxidation sites excluding steroid dienone is 1. The highest BCUT2D eigenvalue weighted by atomic mass is 32.2. The van der Waals surface area contributed by atoms with Gasteiger partial charge in [-0.15, -0.1) is 0 Å². The van der Waals surface area contributed by atoms with E-state index in [0.29, 0.717) is 40.8 Å². The molecule has 3 heterocycles. The number of hydrogen-bond acceptors (Lipinski definition) is 7. The number of aliphatic imine (C=N–C) groups is 1. The number of benzene rings is 1. The van der Waals surface area contributed by atoms with Crippen LogP contribution in [0.3, 0.4) is 0 Å². The van der Waals surface area contributed by atoms with Crippen molar-refractivity contribution in [1.82, 2.24) is 9.80 Å². The summed E-state index contributed by atoms with van der Waals surface area (Å²) in [5, 5.41) is 2.53. The smallest absolute Gasteiger partial charge is 0.338 e. The molecule has 3 unspecified atom stereocenters. The molecular formula is C23H26FN3O4S. The van der Waals surface area contributed by atoms with Crippen molar-refractivity contribution in [3.63, 3.8) is 0 Å². The summed E-state index contributed by atoms with van der Waals surface area (Å²) in [7, 11) is 1.31. The molecule has 3 aliphatic rings. The van der Waals surface area contributed by atoms with Crippen LogP contribution < -0.4 is 0 Å². The number of halogens is 1. The van der Waals surface area contributed by atoms with E-state index < -0.39 is 17.8 Å². The van der Waals surface area contributed by atoms with Crippen LogP contribution in [0.5, 0.6) is 0 Å². The Morgan fingerprint density at radius 1 is 1.28 bits per heavy atom. The highest BCUT2D eigenvalue weighted by Gasteiger charge is 2.41. The number of carbonyl (C=O) groups is 2. The Hall–Kier alpha value is -2.65. The molecule has 1 aromatic carbocycles. The minimum atomic E-state index is -0.637. The van der Waals surface area contributed by atoms with Gasteiger partial charge in [0.1, 0.15) is 5.82 Å². The summed E-state index contributed by atoms with van der Waals surface area (Å²) in [6.07, 6.45) is 0.0849. The third-order valence-corrected chi connectivity index (χ3v) is 6.56. The number of amides is 1. The molecule has 0 radical (unpaired) electrons. The lowest BCUT2D eigenvalue weighted by atomic mass is 9.93. The number of methoxy groups -OCH3 is 1. The topological polar surface area (TPSA) is 71.4 Å². The van der Waals surface area contributed by atoms with E-state index in [-0.39, 0.29) is 24.5 Å². The summed E-state index contributed by atoms with van der Waals surface area (Å²) in [6.45, 7) is 6.70. The second kappa shape index (κ2) is 9.07. The van der Waals surface area contributed by atoms with Gasteiger partial charge in [-0.3, -0.25) is 4.79 Å². The first-order chi connectivity index (χ1) is 15.3. The molecule has 0 bridgehead atoms. The zero-order valence-electron chi connectivity index (χ0n) is 18.5. The third-order valence-electron chi connectivity index (χ3n) is 5.68. The van der Waals surface area contributed by atoms with Gasteiger partial charge in [-0.2, -0.15) is 0 Å². The molecule has 1 amide bonds. The van der Waals surface area contributed by atoms with Gasteiger partial charge in [0.2, 0.25) is 5.91 Å². The number of amidine groups is 1. The molecule has 32 heavy (non-hydrogen) atoms. The maximum Gasteiger partial charge on any atom is 0.338 e. The maximum atomic E-state index is 14.1. The minimum Gasteiger partial charge on any atom is -0.466 e. The van der Waals surface area contributed by atoms with Crippen LogP contribution in [-0.2, 0) is 19.1 Å². The number of fused-ring (bicyclic) bond motifs is 1. The molecule has 0 N–H and O–H groups in total. The molecule has 1 fully saturated rings. The minimum absolute atomic E-state index is 0.0241. The summed E-state index contributed by atoms with van der Waals surface area (Å²) >= 11 is 1.39. The predicted molar refractivity (Wildman–Crippen MR) is 120 cm³/mol. The summed E-state index contributed by atoms with van der Waals surface area (Å²) in [5.41, 5.74) is 2.15.